The smallest absolute Gasteiger partial charge is 0.246 e. The van der Waals surface area contributed by atoms with Crippen LogP contribution in [0, 0.1) is 6.92 Å². The fourth-order valence-corrected chi connectivity index (χ4v) is 4.81. The summed E-state index contributed by atoms with van der Waals surface area (Å²) in [4.78, 5) is 46.8. The number of pyridine rings is 1. The highest BCUT2D eigenvalue weighted by molar-refractivity contribution is 6.07. The van der Waals surface area contributed by atoms with Crippen LogP contribution in [0.2, 0.25) is 0 Å². The molecule has 188 valence electrons. The molecule has 2 heterocycles. The van der Waals surface area contributed by atoms with Gasteiger partial charge < -0.3 is 25.2 Å². The van der Waals surface area contributed by atoms with Crippen molar-refractivity contribution in [3.63, 3.8) is 0 Å². The number of aromatic nitrogens is 1. The second-order valence-electron chi connectivity index (χ2n) is 9.62. The maximum absolute atomic E-state index is 14.2. The minimum Gasteiger partial charge on any atom is -0.307 e. The monoisotopic (exact) mass is 487 g/mol. The molecule has 3 aromatic rings. The molecule has 8 heteroatoms. The van der Waals surface area contributed by atoms with E-state index in [0.29, 0.717) is 17.9 Å². The number of aldehydes is 1. The fourth-order valence-electron chi connectivity index (χ4n) is 4.81. The standard InChI is InChI=1S/C28H33N5O3/c1-18-14-30-23-11-7-6-10-21(23)22(18)15-32-24-12-8-9-13-25(24)33(20(3)35)19(2)26(27(32)36)31-16-28(4,17-34)29-5/h6-14,17,19,26,29,31H,15-16H2,1-5H3. The van der Waals surface area contributed by atoms with E-state index in [2.05, 4.69) is 15.6 Å². The van der Waals surface area contributed by atoms with Gasteiger partial charge in [0.2, 0.25) is 11.8 Å². The normalized spacial score (nSPS) is 19.5. The third-order valence-electron chi connectivity index (χ3n) is 7.13. The lowest BCUT2D eigenvalue weighted by Crippen LogP contribution is -2.60. The van der Waals surface area contributed by atoms with Crippen LogP contribution in [0.25, 0.3) is 10.9 Å². The Morgan fingerprint density at radius 3 is 2.47 bits per heavy atom. The van der Waals surface area contributed by atoms with E-state index in [1.807, 2.05) is 68.6 Å². The number of fused-ring (bicyclic) bond motifs is 2. The average Bonchev–Trinajstić information content (AvgIpc) is 2.96. The number of carbonyl (C=O) groups is 3. The summed E-state index contributed by atoms with van der Waals surface area (Å²) >= 11 is 0. The van der Waals surface area contributed by atoms with E-state index in [9.17, 15) is 14.4 Å². The number of nitrogens with zero attached hydrogens (tertiary/aromatic N) is 3. The zero-order chi connectivity index (χ0) is 26.0. The second-order valence-corrected chi connectivity index (χ2v) is 9.62. The van der Waals surface area contributed by atoms with E-state index in [-0.39, 0.29) is 18.4 Å². The van der Waals surface area contributed by atoms with Crippen LogP contribution >= 0.6 is 0 Å². The number of hydrogen-bond donors (Lipinski definition) is 2. The molecule has 0 spiro atoms. The van der Waals surface area contributed by atoms with Crippen molar-refractivity contribution in [2.24, 2.45) is 0 Å². The van der Waals surface area contributed by atoms with Gasteiger partial charge in [-0.25, -0.2) is 0 Å². The first-order valence-corrected chi connectivity index (χ1v) is 12.1. The Balaban J connectivity index is 1.84. The van der Waals surface area contributed by atoms with Crippen molar-refractivity contribution in [2.45, 2.75) is 51.9 Å². The van der Waals surface area contributed by atoms with Gasteiger partial charge in [-0.1, -0.05) is 30.3 Å². The van der Waals surface area contributed by atoms with Gasteiger partial charge in [-0.15, -0.1) is 0 Å². The van der Waals surface area contributed by atoms with Gasteiger partial charge in [0.05, 0.1) is 35.0 Å². The number of nitrogens with one attached hydrogen (secondary N) is 2. The van der Waals surface area contributed by atoms with Crippen LogP contribution in [0.3, 0.4) is 0 Å². The Labute approximate surface area is 211 Å². The number of para-hydroxylation sites is 3. The van der Waals surface area contributed by atoms with Crippen LogP contribution in [0.4, 0.5) is 11.4 Å². The minimum absolute atomic E-state index is 0.159. The van der Waals surface area contributed by atoms with Crippen molar-refractivity contribution in [2.75, 3.05) is 23.4 Å². The van der Waals surface area contributed by atoms with Gasteiger partial charge >= 0.3 is 0 Å². The molecular formula is C28H33N5O3. The molecule has 2 N–H and O–H groups in total. The largest absolute Gasteiger partial charge is 0.307 e. The predicted octanol–water partition coefficient (Wildman–Crippen LogP) is 2.97. The molecule has 4 rings (SSSR count). The molecule has 1 aliphatic rings. The Hall–Kier alpha value is -3.62. The molecule has 2 aromatic carbocycles. The van der Waals surface area contributed by atoms with Crippen molar-refractivity contribution < 1.29 is 14.4 Å². The van der Waals surface area contributed by atoms with Crippen molar-refractivity contribution in [1.29, 1.82) is 0 Å². The number of aryl methyl sites for hydroxylation is 1. The lowest BCUT2D eigenvalue weighted by molar-refractivity contribution is -0.122. The summed E-state index contributed by atoms with van der Waals surface area (Å²) in [5.74, 6) is -0.322. The third-order valence-corrected chi connectivity index (χ3v) is 7.13. The van der Waals surface area contributed by atoms with E-state index < -0.39 is 17.6 Å². The molecule has 0 saturated heterocycles. The highest BCUT2D eigenvalue weighted by atomic mass is 16.2. The lowest BCUT2D eigenvalue weighted by atomic mass is 10.0. The zero-order valence-corrected chi connectivity index (χ0v) is 21.4. The summed E-state index contributed by atoms with van der Waals surface area (Å²) in [7, 11) is 1.70. The topological polar surface area (TPSA) is 94.6 Å². The average molecular weight is 488 g/mol. The van der Waals surface area contributed by atoms with Gasteiger partial charge in [0, 0.05) is 25.1 Å². The summed E-state index contributed by atoms with van der Waals surface area (Å²) in [6.07, 6.45) is 2.65. The van der Waals surface area contributed by atoms with E-state index in [0.717, 1.165) is 28.3 Å². The van der Waals surface area contributed by atoms with Crippen LogP contribution < -0.4 is 20.4 Å². The van der Waals surface area contributed by atoms with Gasteiger partial charge in [0.25, 0.3) is 0 Å². The van der Waals surface area contributed by atoms with Crippen LogP contribution in [0.1, 0.15) is 31.9 Å². The number of amides is 2. The predicted molar refractivity (Wildman–Crippen MR) is 142 cm³/mol. The van der Waals surface area contributed by atoms with E-state index >= 15 is 0 Å². The van der Waals surface area contributed by atoms with Crippen LogP contribution in [-0.2, 0) is 20.9 Å². The third kappa shape index (κ3) is 4.62. The second kappa shape index (κ2) is 10.2. The first-order chi connectivity index (χ1) is 17.2. The molecule has 0 bridgehead atoms. The fraction of sp³-hybridized carbons (Fsp3) is 0.357. The van der Waals surface area contributed by atoms with E-state index in [4.69, 9.17) is 0 Å². The van der Waals surface area contributed by atoms with Crippen LogP contribution in [0.5, 0.6) is 0 Å². The van der Waals surface area contributed by atoms with Gasteiger partial charge in [-0.2, -0.15) is 0 Å². The molecule has 3 unspecified atom stereocenters. The number of benzene rings is 2. The van der Waals surface area contributed by atoms with Crippen molar-refractivity contribution >= 4 is 40.4 Å². The quantitative estimate of drug-likeness (QED) is 0.498. The highest BCUT2D eigenvalue weighted by Gasteiger charge is 2.41. The number of likely N-dealkylation sites (N-methyl/N-ethyl adjacent to an activating group) is 1. The summed E-state index contributed by atoms with van der Waals surface area (Å²) in [5.41, 5.74) is 3.33. The zero-order valence-electron chi connectivity index (χ0n) is 21.4. The maximum Gasteiger partial charge on any atom is 0.246 e. The molecule has 8 nitrogen and oxygen atoms in total. The van der Waals surface area contributed by atoms with Gasteiger partial charge in [-0.3, -0.25) is 14.6 Å². The van der Waals surface area contributed by atoms with Gasteiger partial charge in [0.15, 0.2) is 0 Å². The van der Waals surface area contributed by atoms with Gasteiger partial charge in [0.1, 0.15) is 12.3 Å². The first kappa shape index (κ1) is 25.5. The summed E-state index contributed by atoms with van der Waals surface area (Å²) in [5, 5.41) is 7.28. The van der Waals surface area contributed by atoms with Crippen molar-refractivity contribution in [1.82, 2.24) is 15.6 Å². The minimum atomic E-state index is -0.858. The van der Waals surface area contributed by atoms with Crippen molar-refractivity contribution in [3.05, 3.63) is 65.9 Å². The lowest BCUT2D eigenvalue weighted by Gasteiger charge is -2.33. The number of anilines is 2. The highest BCUT2D eigenvalue weighted by Crippen LogP contribution is 2.37. The van der Waals surface area contributed by atoms with Crippen LogP contribution in [-0.4, -0.2) is 54.3 Å². The summed E-state index contributed by atoms with van der Waals surface area (Å²) < 4.78 is 0. The molecule has 1 aromatic heterocycles. The molecule has 1 aliphatic heterocycles. The Bertz CT molecular complexity index is 1310. The molecular weight excluding hydrogens is 454 g/mol. The summed E-state index contributed by atoms with van der Waals surface area (Å²) in [6.45, 7) is 7.67. The summed E-state index contributed by atoms with van der Waals surface area (Å²) in [6, 6.07) is 14.2. The number of hydrogen-bond acceptors (Lipinski definition) is 6. The molecule has 0 fully saturated rings. The Kier molecular flexibility index (Phi) is 7.19. The molecule has 2 amide bonds. The number of rotatable bonds is 7. The molecule has 36 heavy (non-hydrogen) atoms. The van der Waals surface area contributed by atoms with Gasteiger partial charge in [-0.05, 0) is 57.1 Å². The Morgan fingerprint density at radius 2 is 1.81 bits per heavy atom. The molecule has 3 atom stereocenters. The van der Waals surface area contributed by atoms with Crippen LogP contribution in [0.15, 0.2) is 54.7 Å². The maximum atomic E-state index is 14.2. The van der Waals surface area contributed by atoms with Crippen molar-refractivity contribution in [3.8, 4) is 0 Å². The number of carbonyl (C=O) groups excluding carboxylic acids is 3. The SMILES string of the molecule is CNC(C)(C=O)CNC1C(=O)N(Cc2c(C)cnc3ccccc23)c2ccccc2N(C(C)=O)C1C. The van der Waals surface area contributed by atoms with E-state index in [1.54, 1.807) is 23.8 Å². The Morgan fingerprint density at radius 1 is 1.14 bits per heavy atom. The molecule has 0 radical (unpaired) electrons. The molecule has 0 aliphatic carbocycles. The molecule has 0 saturated carbocycles. The first-order valence-electron chi connectivity index (χ1n) is 12.1. The van der Waals surface area contributed by atoms with E-state index in [1.165, 1.54) is 6.92 Å².